The van der Waals surface area contributed by atoms with Gasteiger partial charge in [-0.3, -0.25) is 9.80 Å². The quantitative estimate of drug-likeness (QED) is 0.832. The molecule has 1 aromatic carbocycles. The second-order valence-electron chi connectivity index (χ2n) is 6.59. The van der Waals surface area contributed by atoms with Crippen molar-refractivity contribution >= 4 is 0 Å². The van der Waals surface area contributed by atoms with Crippen molar-refractivity contribution < 1.29 is 0 Å². The normalized spacial score (nSPS) is 19.0. The van der Waals surface area contributed by atoms with Crippen molar-refractivity contribution in [1.82, 2.24) is 15.1 Å². The first-order valence-electron chi connectivity index (χ1n) is 8.37. The Hall–Kier alpha value is -0.900. The molecule has 1 aromatic rings. The summed E-state index contributed by atoms with van der Waals surface area (Å²) < 4.78 is 0. The van der Waals surface area contributed by atoms with E-state index in [1.165, 1.54) is 38.3 Å². The van der Waals surface area contributed by atoms with E-state index in [-0.39, 0.29) is 0 Å². The van der Waals surface area contributed by atoms with Crippen molar-refractivity contribution in [3.05, 3.63) is 35.9 Å². The molecule has 118 valence electrons. The number of nitrogens with zero attached hydrogens (tertiary/aromatic N) is 2. The zero-order valence-electron chi connectivity index (χ0n) is 13.9. The van der Waals surface area contributed by atoms with Crippen LogP contribution in [-0.4, -0.2) is 55.1 Å². The van der Waals surface area contributed by atoms with Gasteiger partial charge >= 0.3 is 0 Å². The van der Waals surface area contributed by atoms with Gasteiger partial charge in [0.2, 0.25) is 0 Å². The van der Waals surface area contributed by atoms with E-state index in [2.05, 4.69) is 66.2 Å². The highest BCUT2D eigenvalue weighted by atomic mass is 15.3. The largest absolute Gasteiger partial charge is 0.313 e. The lowest BCUT2D eigenvalue weighted by atomic mass is 10.1. The molecular weight excluding hydrogens is 258 g/mol. The Morgan fingerprint density at radius 2 is 1.57 bits per heavy atom. The van der Waals surface area contributed by atoms with E-state index in [4.69, 9.17) is 0 Å². The highest BCUT2D eigenvalue weighted by molar-refractivity contribution is 5.14. The van der Waals surface area contributed by atoms with E-state index in [0.717, 1.165) is 13.1 Å². The fraction of sp³-hybridized carbons (Fsp3) is 0.667. The summed E-state index contributed by atoms with van der Waals surface area (Å²) in [6.07, 6.45) is 0. The topological polar surface area (TPSA) is 18.5 Å². The third-order valence-electron chi connectivity index (χ3n) is 4.61. The van der Waals surface area contributed by atoms with Crippen LogP contribution in [0.2, 0.25) is 0 Å². The van der Waals surface area contributed by atoms with Gasteiger partial charge in [-0.15, -0.1) is 0 Å². The molecule has 0 amide bonds. The molecule has 1 N–H and O–H groups in total. The molecule has 2 rings (SSSR count). The molecule has 1 aliphatic heterocycles. The van der Waals surface area contributed by atoms with E-state index in [0.29, 0.717) is 12.0 Å². The maximum atomic E-state index is 3.63. The van der Waals surface area contributed by atoms with E-state index < -0.39 is 0 Å². The minimum absolute atomic E-state index is 0.615. The summed E-state index contributed by atoms with van der Waals surface area (Å²) in [5.74, 6) is 0.715. The zero-order chi connectivity index (χ0) is 15.1. The van der Waals surface area contributed by atoms with Gasteiger partial charge < -0.3 is 5.32 Å². The van der Waals surface area contributed by atoms with Gasteiger partial charge in [0.05, 0.1) is 0 Å². The summed E-state index contributed by atoms with van der Waals surface area (Å²) in [7, 11) is 0. The second kappa shape index (κ2) is 8.52. The molecule has 0 aromatic heterocycles. The molecule has 1 atom stereocenters. The van der Waals surface area contributed by atoms with Gasteiger partial charge in [-0.2, -0.15) is 0 Å². The van der Waals surface area contributed by atoms with Gasteiger partial charge in [-0.1, -0.05) is 44.2 Å². The number of piperazine rings is 1. The molecule has 1 saturated heterocycles. The highest BCUT2D eigenvalue weighted by Gasteiger charge is 2.16. The lowest BCUT2D eigenvalue weighted by molar-refractivity contribution is 0.126. The van der Waals surface area contributed by atoms with Crippen molar-refractivity contribution in [2.24, 2.45) is 5.92 Å². The Labute approximate surface area is 130 Å². The number of benzene rings is 1. The molecule has 1 unspecified atom stereocenters. The first-order valence-corrected chi connectivity index (χ1v) is 8.37. The van der Waals surface area contributed by atoms with Crippen LogP contribution in [0.3, 0.4) is 0 Å². The molecule has 0 aliphatic carbocycles. The van der Waals surface area contributed by atoms with Crippen LogP contribution in [0, 0.1) is 5.92 Å². The molecule has 0 radical (unpaired) electrons. The van der Waals surface area contributed by atoms with E-state index in [1.54, 1.807) is 0 Å². The molecule has 3 nitrogen and oxygen atoms in total. The van der Waals surface area contributed by atoms with Crippen LogP contribution in [0.5, 0.6) is 0 Å². The van der Waals surface area contributed by atoms with Gasteiger partial charge in [0.1, 0.15) is 0 Å². The third kappa shape index (κ3) is 5.77. The van der Waals surface area contributed by atoms with Crippen LogP contribution < -0.4 is 5.32 Å². The maximum Gasteiger partial charge on any atom is 0.0234 e. The number of hydrogen-bond donors (Lipinski definition) is 1. The molecule has 1 heterocycles. The first-order chi connectivity index (χ1) is 10.1. The highest BCUT2D eigenvalue weighted by Crippen LogP contribution is 2.08. The summed E-state index contributed by atoms with van der Waals surface area (Å²) in [5, 5.41) is 3.63. The Balaban J connectivity index is 1.62. The van der Waals surface area contributed by atoms with Crippen molar-refractivity contribution in [2.45, 2.75) is 33.4 Å². The minimum atomic E-state index is 0.615. The van der Waals surface area contributed by atoms with Crippen LogP contribution in [-0.2, 0) is 6.54 Å². The van der Waals surface area contributed by atoms with Crippen LogP contribution in [0.25, 0.3) is 0 Å². The molecule has 1 aliphatic rings. The molecule has 21 heavy (non-hydrogen) atoms. The van der Waals surface area contributed by atoms with E-state index in [1.807, 2.05) is 0 Å². The lowest BCUT2D eigenvalue weighted by Gasteiger charge is -2.35. The van der Waals surface area contributed by atoms with E-state index in [9.17, 15) is 0 Å². The number of hydrogen-bond acceptors (Lipinski definition) is 3. The van der Waals surface area contributed by atoms with Gasteiger partial charge in [0.25, 0.3) is 0 Å². The van der Waals surface area contributed by atoms with Crippen LogP contribution in [0.4, 0.5) is 0 Å². The molecule has 1 fully saturated rings. The van der Waals surface area contributed by atoms with Gasteiger partial charge in [-0.25, -0.2) is 0 Å². The Morgan fingerprint density at radius 3 is 2.19 bits per heavy atom. The fourth-order valence-corrected chi connectivity index (χ4v) is 2.70. The van der Waals surface area contributed by atoms with Gasteiger partial charge in [-0.05, 0) is 18.4 Å². The predicted molar refractivity (Wildman–Crippen MR) is 90.5 cm³/mol. The minimum Gasteiger partial charge on any atom is -0.313 e. The van der Waals surface area contributed by atoms with Gasteiger partial charge in [0.15, 0.2) is 0 Å². The standard InChI is InChI=1S/C18H31N3/c1-16(2)17(3)19-9-10-20-11-13-21(14-12-20)15-18-7-5-4-6-8-18/h4-8,16-17,19H,9-15H2,1-3H3. The van der Waals surface area contributed by atoms with Crippen molar-refractivity contribution in [2.75, 3.05) is 39.3 Å². The van der Waals surface area contributed by atoms with Crippen LogP contribution >= 0.6 is 0 Å². The van der Waals surface area contributed by atoms with E-state index >= 15 is 0 Å². The fourth-order valence-electron chi connectivity index (χ4n) is 2.70. The second-order valence-corrected chi connectivity index (χ2v) is 6.59. The monoisotopic (exact) mass is 289 g/mol. The maximum absolute atomic E-state index is 3.63. The van der Waals surface area contributed by atoms with Crippen LogP contribution in [0.15, 0.2) is 30.3 Å². The summed E-state index contributed by atoms with van der Waals surface area (Å²) in [6, 6.07) is 11.4. The van der Waals surface area contributed by atoms with Gasteiger partial charge in [0, 0.05) is 51.9 Å². The molecule has 3 heteroatoms. The van der Waals surface area contributed by atoms with Crippen molar-refractivity contribution in [3.63, 3.8) is 0 Å². The summed E-state index contributed by atoms with van der Waals surface area (Å²) >= 11 is 0. The molecule has 0 bridgehead atoms. The molecular formula is C18H31N3. The van der Waals surface area contributed by atoms with Crippen molar-refractivity contribution in [3.8, 4) is 0 Å². The lowest BCUT2D eigenvalue weighted by Crippen LogP contribution is -2.48. The third-order valence-corrected chi connectivity index (χ3v) is 4.61. The Kier molecular flexibility index (Phi) is 6.68. The average Bonchev–Trinajstić information content (AvgIpc) is 2.50. The van der Waals surface area contributed by atoms with Crippen molar-refractivity contribution in [1.29, 1.82) is 0 Å². The molecule has 0 spiro atoms. The van der Waals surface area contributed by atoms with Crippen LogP contribution in [0.1, 0.15) is 26.3 Å². The average molecular weight is 289 g/mol. The number of rotatable bonds is 7. The SMILES string of the molecule is CC(C)C(C)NCCN1CCN(Cc2ccccc2)CC1. The Morgan fingerprint density at radius 1 is 0.952 bits per heavy atom. The first kappa shape index (κ1) is 16.5. The summed E-state index contributed by atoms with van der Waals surface area (Å²) in [6.45, 7) is 15.0. The number of nitrogens with one attached hydrogen (secondary N) is 1. The predicted octanol–water partition coefficient (Wildman–Crippen LogP) is 2.44. The molecule has 0 saturated carbocycles. The smallest absolute Gasteiger partial charge is 0.0234 e. The summed E-state index contributed by atoms with van der Waals surface area (Å²) in [4.78, 5) is 5.15. The summed E-state index contributed by atoms with van der Waals surface area (Å²) in [5.41, 5.74) is 1.43. The zero-order valence-corrected chi connectivity index (χ0v) is 13.9. The Bertz CT molecular complexity index is 383.